The lowest BCUT2D eigenvalue weighted by molar-refractivity contribution is -0.123. The number of pyridine rings is 2. The SMILES string of the molecule is CC(C)(C)OC(=O)c1ccc(-n2ccc(OCC(=O)C3C4(CC4)C34CC4)n2)nc1Cl.CC(C)(C)OC(=O)c1ccc(Cl)nc1Cl.O=C(COc1ccn[nH]1)C1C2(CC2)C12CC2. The summed E-state index contributed by atoms with van der Waals surface area (Å²) in [5.74, 6) is 1.36. The number of hydrogen-bond donors (Lipinski definition) is 1. The Labute approximate surface area is 368 Å². The van der Waals surface area contributed by atoms with E-state index in [-0.39, 0.29) is 51.5 Å². The van der Waals surface area contributed by atoms with E-state index in [1.54, 1.807) is 78.2 Å². The molecule has 17 heteroatoms. The summed E-state index contributed by atoms with van der Waals surface area (Å²) in [6, 6.07) is 9.59. The standard InChI is InChI=1S/C22H24ClN3O4.C12H14N2O2.C10H11Cl2NO2/c1-20(2,3)30-19(28)13-4-5-15(24-18(13)23)26-11-6-16(25-26)29-12-14(27)17-21(7-8-21)22(17)9-10-22;15-8(7-16-9-1-6-13-14-9)10-11(2-3-11)12(10)4-5-12;1-10(2,3)15-9(14)6-4-5-7(11)13-8(6)12/h4-6,11,17H,7-10,12H2,1-3H3;1,6,10H,2-5,7H2,(H,13,14);4-5H,1-3H3. The summed E-state index contributed by atoms with van der Waals surface area (Å²) in [7, 11) is 0. The fraction of sp³-hybridized carbons (Fsp3) is 0.545. The Morgan fingerprint density at radius 1 is 0.672 bits per heavy atom. The molecule has 324 valence electrons. The van der Waals surface area contributed by atoms with Gasteiger partial charge >= 0.3 is 11.9 Å². The molecule has 0 aliphatic heterocycles. The number of aromatic nitrogens is 6. The van der Waals surface area contributed by atoms with E-state index < -0.39 is 23.1 Å². The van der Waals surface area contributed by atoms with E-state index in [2.05, 4.69) is 25.3 Å². The molecular formula is C44H49Cl3N6O8. The second-order valence-electron chi connectivity index (χ2n) is 19.0. The van der Waals surface area contributed by atoms with Gasteiger partial charge in [0.25, 0.3) is 0 Å². The number of esters is 2. The molecule has 4 heterocycles. The predicted octanol–water partition coefficient (Wildman–Crippen LogP) is 8.91. The van der Waals surface area contributed by atoms with Gasteiger partial charge in [0.15, 0.2) is 17.4 Å². The molecule has 61 heavy (non-hydrogen) atoms. The number of carbonyl (C=O) groups is 4. The Bertz CT molecular complexity index is 2330. The van der Waals surface area contributed by atoms with Crippen molar-refractivity contribution in [3.8, 4) is 17.6 Å². The molecule has 0 radical (unpaired) electrons. The Kier molecular flexibility index (Phi) is 10.9. The van der Waals surface area contributed by atoms with Gasteiger partial charge in [0, 0.05) is 30.2 Å². The molecule has 6 aliphatic rings. The molecule has 0 amide bonds. The van der Waals surface area contributed by atoms with Gasteiger partial charge in [0.2, 0.25) is 11.8 Å². The summed E-state index contributed by atoms with van der Waals surface area (Å²) >= 11 is 17.6. The third-order valence-electron chi connectivity index (χ3n) is 12.7. The highest BCUT2D eigenvalue weighted by Crippen LogP contribution is 2.93. The van der Waals surface area contributed by atoms with E-state index in [4.69, 9.17) is 53.8 Å². The zero-order valence-corrected chi connectivity index (χ0v) is 37.2. The molecule has 0 aromatic carbocycles. The van der Waals surface area contributed by atoms with Gasteiger partial charge in [-0.25, -0.2) is 29.3 Å². The Balaban J connectivity index is 0.000000139. The average molecular weight is 896 g/mol. The van der Waals surface area contributed by atoms with Crippen molar-refractivity contribution in [2.75, 3.05) is 13.2 Å². The smallest absolute Gasteiger partial charge is 0.341 e. The molecule has 14 nitrogen and oxygen atoms in total. The zero-order valence-electron chi connectivity index (χ0n) is 35.0. The topological polar surface area (TPSA) is 177 Å². The highest BCUT2D eigenvalue weighted by Gasteiger charge is 2.89. The number of hydrogen-bond acceptors (Lipinski definition) is 12. The second kappa shape index (κ2) is 15.4. The minimum absolute atomic E-state index is 0.0353. The van der Waals surface area contributed by atoms with Gasteiger partial charge in [-0.2, -0.15) is 5.10 Å². The van der Waals surface area contributed by atoms with E-state index in [1.165, 1.54) is 68.2 Å². The van der Waals surface area contributed by atoms with Crippen molar-refractivity contribution in [2.24, 2.45) is 33.5 Å². The van der Waals surface area contributed by atoms with Crippen molar-refractivity contribution in [3.63, 3.8) is 0 Å². The van der Waals surface area contributed by atoms with Gasteiger partial charge in [-0.1, -0.05) is 34.8 Å². The lowest BCUT2D eigenvalue weighted by atomic mass is 10.2. The lowest BCUT2D eigenvalue weighted by Crippen LogP contribution is -2.24. The summed E-state index contributed by atoms with van der Waals surface area (Å²) in [5.41, 5.74) is 0.798. The van der Waals surface area contributed by atoms with Crippen LogP contribution in [0.4, 0.5) is 0 Å². The molecule has 4 aromatic rings. The number of ketones is 2. The molecule has 1 N–H and O–H groups in total. The maximum atomic E-state index is 12.6. The van der Waals surface area contributed by atoms with E-state index in [9.17, 15) is 19.2 Å². The van der Waals surface area contributed by atoms with Crippen LogP contribution in [0.1, 0.15) is 114 Å². The number of nitrogens with one attached hydrogen (secondary N) is 1. The fourth-order valence-electron chi connectivity index (χ4n) is 9.63. The predicted molar refractivity (Wildman–Crippen MR) is 224 cm³/mol. The Hall–Kier alpha value is -4.53. The van der Waals surface area contributed by atoms with Crippen molar-refractivity contribution in [2.45, 2.75) is 104 Å². The van der Waals surface area contributed by atoms with Crippen LogP contribution in [0.3, 0.4) is 0 Å². The summed E-state index contributed by atoms with van der Waals surface area (Å²) in [6.45, 7) is 11.0. The van der Waals surface area contributed by atoms with Crippen LogP contribution in [0.5, 0.6) is 11.8 Å². The van der Waals surface area contributed by atoms with Crippen molar-refractivity contribution in [1.82, 2.24) is 29.9 Å². The molecule has 4 spiro atoms. The maximum absolute atomic E-state index is 12.6. The summed E-state index contributed by atoms with van der Waals surface area (Å²) in [4.78, 5) is 56.4. The van der Waals surface area contributed by atoms with Crippen LogP contribution in [0.2, 0.25) is 15.5 Å². The van der Waals surface area contributed by atoms with Crippen molar-refractivity contribution in [3.05, 3.63) is 75.4 Å². The molecule has 4 aromatic heterocycles. The van der Waals surface area contributed by atoms with Gasteiger partial charge in [0.1, 0.15) is 39.9 Å². The molecule has 6 saturated carbocycles. The van der Waals surface area contributed by atoms with Gasteiger partial charge in [-0.15, -0.1) is 5.10 Å². The first-order valence-electron chi connectivity index (χ1n) is 20.6. The number of carbonyl (C=O) groups excluding carboxylic acids is 4. The molecule has 6 aliphatic carbocycles. The number of nitrogens with zero attached hydrogens (tertiary/aromatic N) is 5. The quantitative estimate of drug-likeness (QED) is 0.112. The minimum Gasteiger partial charge on any atom is -0.470 e. The number of H-pyrrole nitrogens is 1. The van der Waals surface area contributed by atoms with E-state index in [0.29, 0.717) is 50.9 Å². The van der Waals surface area contributed by atoms with Crippen molar-refractivity contribution < 1.29 is 38.1 Å². The monoisotopic (exact) mass is 894 g/mol. The van der Waals surface area contributed by atoms with Crippen LogP contribution in [-0.4, -0.2) is 77.9 Å². The summed E-state index contributed by atoms with van der Waals surface area (Å²) in [6.07, 6.45) is 13.2. The first kappa shape index (κ1) is 43.1. The van der Waals surface area contributed by atoms with E-state index >= 15 is 0 Å². The number of rotatable bonds is 11. The molecule has 0 saturated heterocycles. The zero-order chi connectivity index (χ0) is 43.8. The highest BCUT2D eigenvalue weighted by atomic mass is 35.5. The van der Waals surface area contributed by atoms with Crippen LogP contribution >= 0.6 is 34.8 Å². The minimum atomic E-state index is -0.622. The summed E-state index contributed by atoms with van der Waals surface area (Å²) in [5, 5.41) is 11.1. The fourth-order valence-corrected chi connectivity index (χ4v) is 10.3. The maximum Gasteiger partial charge on any atom is 0.341 e. The van der Waals surface area contributed by atoms with Crippen LogP contribution in [0, 0.1) is 33.5 Å². The Morgan fingerprint density at radius 3 is 1.57 bits per heavy atom. The molecule has 0 atom stereocenters. The van der Waals surface area contributed by atoms with Crippen LogP contribution in [-0.2, 0) is 19.1 Å². The van der Waals surface area contributed by atoms with Gasteiger partial charge in [0.05, 0.1) is 17.3 Å². The van der Waals surface area contributed by atoms with E-state index in [1.807, 2.05) is 0 Å². The highest BCUT2D eigenvalue weighted by molar-refractivity contribution is 6.34. The second-order valence-corrected chi connectivity index (χ2v) is 20.1. The van der Waals surface area contributed by atoms with Crippen molar-refractivity contribution in [1.29, 1.82) is 0 Å². The lowest BCUT2D eigenvalue weighted by Gasteiger charge is -2.19. The normalized spacial score (nSPS) is 19.8. The molecular weight excluding hydrogens is 847 g/mol. The molecule has 0 bridgehead atoms. The third kappa shape index (κ3) is 8.64. The number of Topliss-reactive ketones (excluding diaryl/α,β-unsaturated/α-hetero) is 2. The van der Waals surface area contributed by atoms with Crippen molar-refractivity contribution >= 4 is 58.3 Å². The Morgan fingerprint density at radius 2 is 1.15 bits per heavy atom. The number of halogens is 3. The van der Waals surface area contributed by atoms with Crippen LogP contribution in [0.15, 0.2) is 48.8 Å². The molecule has 10 rings (SSSR count). The van der Waals surface area contributed by atoms with Gasteiger partial charge in [-0.05, 0) is 139 Å². The molecule has 6 fully saturated rings. The van der Waals surface area contributed by atoms with Crippen LogP contribution < -0.4 is 9.47 Å². The first-order chi connectivity index (χ1) is 28.7. The van der Waals surface area contributed by atoms with Gasteiger partial charge < -0.3 is 18.9 Å². The number of fused-ring (bicyclic) bond motifs is 2. The third-order valence-corrected chi connectivity index (χ3v) is 13.5. The summed E-state index contributed by atoms with van der Waals surface area (Å²) < 4.78 is 23.0. The number of ether oxygens (including phenoxy) is 4. The van der Waals surface area contributed by atoms with Gasteiger partial charge in [-0.3, -0.25) is 9.59 Å². The largest absolute Gasteiger partial charge is 0.470 e. The first-order valence-corrected chi connectivity index (χ1v) is 21.7. The van der Waals surface area contributed by atoms with E-state index in [0.717, 1.165) is 0 Å². The molecule has 0 unspecified atom stereocenters. The van der Waals surface area contributed by atoms with Crippen LogP contribution in [0.25, 0.3) is 5.82 Å². The number of aromatic amines is 1. The average Bonchev–Trinajstić information content (AvgIpc) is 3.89.